The third-order valence-corrected chi connectivity index (χ3v) is 5.04. The van der Waals surface area contributed by atoms with Crippen LogP contribution < -0.4 is 11.1 Å². The summed E-state index contributed by atoms with van der Waals surface area (Å²) in [6.07, 6.45) is 3.75. The minimum absolute atomic E-state index is 0. The first-order valence-electron chi connectivity index (χ1n) is 8.63. The van der Waals surface area contributed by atoms with Crippen LogP contribution in [0.2, 0.25) is 0 Å². The number of nitrogens with zero attached hydrogens (tertiary/aromatic N) is 1. The van der Waals surface area contributed by atoms with Crippen LogP contribution in [0.1, 0.15) is 61.5 Å². The highest BCUT2D eigenvalue weighted by Gasteiger charge is 2.27. The molecule has 1 fully saturated rings. The molecule has 7 heteroatoms. The second-order valence-corrected chi connectivity index (χ2v) is 6.78. The van der Waals surface area contributed by atoms with Crippen molar-refractivity contribution in [3.05, 3.63) is 41.3 Å². The Morgan fingerprint density at radius 1 is 1.27 bits per heavy atom. The van der Waals surface area contributed by atoms with Crippen LogP contribution >= 0.6 is 24.8 Å². The number of nitrogens with one attached hydrogen (secondary N) is 1. The van der Waals surface area contributed by atoms with E-state index in [0.717, 1.165) is 31.4 Å². The van der Waals surface area contributed by atoms with Gasteiger partial charge in [0.2, 0.25) is 0 Å². The predicted molar refractivity (Wildman–Crippen MR) is 108 cm³/mol. The van der Waals surface area contributed by atoms with Gasteiger partial charge in [-0.25, -0.2) is 4.39 Å². The van der Waals surface area contributed by atoms with Gasteiger partial charge in [0.1, 0.15) is 5.82 Å². The number of halogens is 3. The van der Waals surface area contributed by atoms with Gasteiger partial charge in [-0.2, -0.15) is 0 Å². The zero-order valence-corrected chi connectivity index (χ0v) is 16.7. The summed E-state index contributed by atoms with van der Waals surface area (Å²) in [7, 11) is 0. The number of benzene rings is 1. The van der Waals surface area contributed by atoms with Gasteiger partial charge >= 0.3 is 0 Å². The quantitative estimate of drug-likeness (QED) is 0.755. The Balaban J connectivity index is 0.00000169. The monoisotopic (exact) mass is 401 g/mol. The molecule has 26 heavy (non-hydrogen) atoms. The molecule has 3 rings (SSSR count). The van der Waals surface area contributed by atoms with Crippen LogP contribution in [0, 0.1) is 5.82 Å². The van der Waals surface area contributed by atoms with E-state index in [9.17, 15) is 9.18 Å². The van der Waals surface area contributed by atoms with Crippen LogP contribution in [0.5, 0.6) is 0 Å². The van der Waals surface area contributed by atoms with Gasteiger partial charge in [-0.3, -0.25) is 9.78 Å². The van der Waals surface area contributed by atoms with Crippen LogP contribution in [0.4, 0.5) is 4.39 Å². The van der Waals surface area contributed by atoms with Crippen LogP contribution in [-0.4, -0.2) is 23.0 Å². The van der Waals surface area contributed by atoms with Crippen LogP contribution in [0.3, 0.4) is 0 Å². The maximum absolute atomic E-state index is 13.7. The number of nitrogens with two attached hydrogens (primary N) is 1. The molecule has 0 bridgehead atoms. The lowest BCUT2D eigenvalue weighted by Gasteiger charge is -2.27. The smallest absolute Gasteiger partial charge is 0.252 e. The summed E-state index contributed by atoms with van der Waals surface area (Å²) in [6.45, 7) is 4.42. The SMILES string of the molecule is CCC(N)(CC)CNC(=O)c1cc(C2CC2)nc2ccc(F)cc12.Cl.Cl. The molecule has 1 aliphatic carbocycles. The van der Waals surface area contributed by atoms with Crippen molar-refractivity contribution >= 4 is 41.6 Å². The molecule has 0 aliphatic heterocycles. The summed E-state index contributed by atoms with van der Waals surface area (Å²) in [5.74, 6) is -0.162. The topological polar surface area (TPSA) is 68.0 Å². The Labute approximate surface area is 165 Å². The minimum atomic E-state index is -0.414. The number of fused-ring (bicyclic) bond motifs is 1. The van der Waals surface area contributed by atoms with E-state index < -0.39 is 5.54 Å². The van der Waals surface area contributed by atoms with Gasteiger partial charge in [0.15, 0.2) is 0 Å². The van der Waals surface area contributed by atoms with E-state index in [-0.39, 0.29) is 36.5 Å². The molecule has 2 aromatic rings. The Morgan fingerprint density at radius 3 is 2.50 bits per heavy atom. The average molecular weight is 402 g/mol. The molecule has 1 aromatic heterocycles. The van der Waals surface area contributed by atoms with Gasteiger partial charge in [-0.05, 0) is 49.9 Å². The molecule has 0 unspecified atom stereocenters. The van der Waals surface area contributed by atoms with E-state index in [2.05, 4.69) is 10.3 Å². The number of hydrogen-bond donors (Lipinski definition) is 2. The number of carbonyl (C=O) groups excluding carboxylic acids is 1. The van der Waals surface area contributed by atoms with Crippen molar-refractivity contribution in [1.29, 1.82) is 0 Å². The zero-order chi connectivity index (χ0) is 17.3. The van der Waals surface area contributed by atoms with Crippen molar-refractivity contribution in [3.63, 3.8) is 0 Å². The van der Waals surface area contributed by atoms with Crippen LogP contribution in [-0.2, 0) is 0 Å². The molecule has 1 aliphatic rings. The highest BCUT2D eigenvalue weighted by atomic mass is 35.5. The second-order valence-electron chi connectivity index (χ2n) is 6.78. The summed E-state index contributed by atoms with van der Waals surface area (Å²) in [5, 5.41) is 3.47. The second kappa shape index (κ2) is 8.98. The highest BCUT2D eigenvalue weighted by molar-refractivity contribution is 6.06. The molecule has 3 N–H and O–H groups in total. The maximum Gasteiger partial charge on any atom is 0.252 e. The van der Waals surface area contributed by atoms with Gasteiger partial charge in [0.25, 0.3) is 5.91 Å². The molecule has 1 heterocycles. The Kier molecular flexibility index (Phi) is 7.81. The number of carbonyl (C=O) groups is 1. The zero-order valence-electron chi connectivity index (χ0n) is 15.0. The maximum atomic E-state index is 13.7. The molecule has 144 valence electrons. The van der Waals surface area contributed by atoms with Gasteiger partial charge in [-0.1, -0.05) is 13.8 Å². The molecule has 4 nitrogen and oxygen atoms in total. The third-order valence-electron chi connectivity index (χ3n) is 5.04. The number of pyridine rings is 1. The Bertz CT molecular complexity index is 777. The third kappa shape index (κ3) is 4.84. The number of rotatable bonds is 6. The fourth-order valence-corrected chi connectivity index (χ4v) is 2.85. The number of aromatic nitrogens is 1. The van der Waals surface area contributed by atoms with Gasteiger partial charge in [-0.15, -0.1) is 24.8 Å². The van der Waals surface area contributed by atoms with Crippen molar-refractivity contribution in [3.8, 4) is 0 Å². The first kappa shape index (κ1) is 22.6. The summed E-state index contributed by atoms with van der Waals surface area (Å²) in [5.41, 5.74) is 7.91. The molecule has 0 saturated heterocycles. The predicted octanol–water partition coefficient (Wildman–Crippen LogP) is 4.34. The summed E-state index contributed by atoms with van der Waals surface area (Å²) in [4.78, 5) is 17.3. The highest BCUT2D eigenvalue weighted by Crippen LogP contribution is 2.40. The van der Waals surface area contributed by atoms with E-state index in [1.54, 1.807) is 6.07 Å². The molecule has 0 atom stereocenters. The summed E-state index contributed by atoms with van der Waals surface area (Å²) >= 11 is 0. The average Bonchev–Trinajstić information content (AvgIpc) is 3.43. The molecule has 1 amide bonds. The molecule has 0 spiro atoms. The van der Waals surface area contributed by atoms with Crippen LogP contribution in [0.25, 0.3) is 10.9 Å². The van der Waals surface area contributed by atoms with Crippen molar-refractivity contribution in [2.24, 2.45) is 5.73 Å². The summed E-state index contributed by atoms with van der Waals surface area (Å²) in [6, 6.07) is 6.21. The van der Waals surface area contributed by atoms with Crippen LogP contribution in [0.15, 0.2) is 24.3 Å². The number of hydrogen-bond acceptors (Lipinski definition) is 3. The molecular formula is C19H26Cl2FN3O. The van der Waals surface area contributed by atoms with Crippen molar-refractivity contribution < 1.29 is 9.18 Å². The first-order valence-corrected chi connectivity index (χ1v) is 8.63. The minimum Gasteiger partial charge on any atom is -0.350 e. The van der Waals surface area contributed by atoms with Crippen molar-refractivity contribution in [2.75, 3.05) is 6.54 Å². The van der Waals surface area contributed by atoms with Gasteiger partial charge in [0.05, 0.1) is 11.1 Å². The van der Waals surface area contributed by atoms with E-state index in [0.29, 0.717) is 28.9 Å². The fourth-order valence-electron chi connectivity index (χ4n) is 2.85. The standard InChI is InChI=1S/C19H24FN3O.2ClH/c1-3-19(21,4-2)11-22-18(24)15-10-17(12-5-6-12)23-16-8-7-13(20)9-14(15)16;;/h7-10,12H,3-6,11,21H2,1-2H3,(H,22,24);2*1H. The van der Waals surface area contributed by atoms with Gasteiger partial charge < -0.3 is 11.1 Å². The fraction of sp³-hybridized carbons (Fsp3) is 0.474. The van der Waals surface area contributed by atoms with E-state index in [1.165, 1.54) is 12.1 Å². The largest absolute Gasteiger partial charge is 0.350 e. The molecule has 1 saturated carbocycles. The van der Waals surface area contributed by atoms with E-state index in [1.807, 2.05) is 19.9 Å². The summed E-state index contributed by atoms with van der Waals surface area (Å²) < 4.78 is 13.7. The van der Waals surface area contributed by atoms with Gasteiger partial charge in [0, 0.05) is 29.1 Å². The first-order chi connectivity index (χ1) is 11.5. The van der Waals surface area contributed by atoms with E-state index >= 15 is 0 Å². The Morgan fingerprint density at radius 2 is 1.92 bits per heavy atom. The normalized spacial score (nSPS) is 13.7. The van der Waals surface area contributed by atoms with Crippen molar-refractivity contribution in [1.82, 2.24) is 10.3 Å². The molecule has 1 aromatic carbocycles. The lowest BCUT2D eigenvalue weighted by Crippen LogP contribution is -2.49. The molecule has 0 radical (unpaired) electrons. The lowest BCUT2D eigenvalue weighted by molar-refractivity contribution is 0.0943. The Hall–Kier alpha value is -1.43. The van der Waals surface area contributed by atoms with Crippen molar-refractivity contribution in [2.45, 2.75) is 51.0 Å². The van der Waals surface area contributed by atoms with E-state index in [4.69, 9.17) is 5.73 Å². The molecular weight excluding hydrogens is 376 g/mol. The lowest BCUT2D eigenvalue weighted by atomic mass is 9.94. The number of amides is 1.